The van der Waals surface area contributed by atoms with E-state index in [4.69, 9.17) is 4.74 Å². The molecule has 8 nitrogen and oxygen atoms in total. The number of nitrogens with zero attached hydrogens (tertiary/aromatic N) is 3. The molecule has 1 aromatic heterocycles. The molecule has 0 aliphatic carbocycles. The predicted molar refractivity (Wildman–Crippen MR) is 113 cm³/mol. The minimum absolute atomic E-state index is 0.0426. The summed E-state index contributed by atoms with van der Waals surface area (Å²) in [5.74, 6) is 0.641. The number of para-hydroxylation sites is 2. The number of methoxy groups -OCH3 is 1. The zero-order chi connectivity index (χ0) is 20.9. The van der Waals surface area contributed by atoms with Gasteiger partial charge in [-0.3, -0.25) is 19.6 Å². The number of piperazine rings is 1. The van der Waals surface area contributed by atoms with Crippen molar-refractivity contribution in [3.63, 3.8) is 0 Å². The van der Waals surface area contributed by atoms with E-state index in [1.54, 1.807) is 12.0 Å². The highest BCUT2D eigenvalue weighted by atomic mass is 16.5. The Labute approximate surface area is 174 Å². The number of hydrogen-bond acceptors (Lipinski definition) is 5. The fourth-order valence-corrected chi connectivity index (χ4v) is 3.69. The van der Waals surface area contributed by atoms with Crippen LogP contribution < -0.4 is 10.1 Å². The van der Waals surface area contributed by atoms with Gasteiger partial charge < -0.3 is 15.0 Å². The first-order chi connectivity index (χ1) is 14.7. The Bertz CT molecular complexity index is 1040. The lowest BCUT2D eigenvalue weighted by atomic mass is 10.2. The van der Waals surface area contributed by atoms with E-state index in [0.29, 0.717) is 45.0 Å². The first-order valence-corrected chi connectivity index (χ1v) is 9.99. The second-order valence-electron chi connectivity index (χ2n) is 7.27. The summed E-state index contributed by atoms with van der Waals surface area (Å²) in [6.45, 7) is 3.17. The quantitative estimate of drug-likeness (QED) is 0.648. The first-order valence-electron chi connectivity index (χ1n) is 9.99. The van der Waals surface area contributed by atoms with Crippen LogP contribution in [0.3, 0.4) is 0 Å². The molecule has 30 heavy (non-hydrogen) atoms. The monoisotopic (exact) mass is 407 g/mol. The summed E-state index contributed by atoms with van der Waals surface area (Å²) in [5.41, 5.74) is 2.25. The number of nitrogens with one attached hydrogen (secondary N) is 2. The van der Waals surface area contributed by atoms with Gasteiger partial charge in [0.2, 0.25) is 5.91 Å². The first kappa shape index (κ1) is 19.9. The maximum absolute atomic E-state index is 12.9. The molecule has 1 fully saturated rings. The number of ether oxygens (including phenoxy) is 1. The van der Waals surface area contributed by atoms with Crippen molar-refractivity contribution in [2.24, 2.45) is 0 Å². The van der Waals surface area contributed by atoms with E-state index in [9.17, 15) is 9.59 Å². The van der Waals surface area contributed by atoms with Gasteiger partial charge >= 0.3 is 0 Å². The van der Waals surface area contributed by atoms with Gasteiger partial charge in [0.25, 0.3) is 5.91 Å². The number of aromatic nitrogens is 2. The molecular formula is C22H25N5O3. The van der Waals surface area contributed by atoms with Crippen molar-refractivity contribution in [3.05, 3.63) is 59.8 Å². The summed E-state index contributed by atoms with van der Waals surface area (Å²) in [4.78, 5) is 29.1. The van der Waals surface area contributed by atoms with Gasteiger partial charge in [-0.25, -0.2) is 0 Å². The molecule has 2 N–H and O–H groups in total. The van der Waals surface area contributed by atoms with E-state index < -0.39 is 0 Å². The molecule has 2 heterocycles. The van der Waals surface area contributed by atoms with Crippen LogP contribution in [-0.4, -0.2) is 71.6 Å². The Morgan fingerprint density at radius 3 is 2.60 bits per heavy atom. The fourth-order valence-electron chi connectivity index (χ4n) is 3.69. The average Bonchev–Trinajstić information content (AvgIpc) is 3.22. The Morgan fingerprint density at radius 1 is 1.07 bits per heavy atom. The highest BCUT2D eigenvalue weighted by Crippen LogP contribution is 2.18. The third kappa shape index (κ3) is 4.28. The van der Waals surface area contributed by atoms with Crippen molar-refractivity contribution in [1.29, 1.82) is 0 Å². The van der Waals surface area contributed by atoms with Gasteiger partial charge in [0.15, 0.2) is 5.69 Å². The number of benzene rings is 2. The number of carbonyl (C=O) groups excluding carboxylic acids is 2. The van der Waals surface area contributed by atoms with Crippen LogP contribution in [0, 0.1) is 0 Å². The summed E-state index contributed by atoms with van der Waals surface area (Å²) in [6.07, 6.45) is 0. The van der Waals surface area contributed by atoms with Crippen LogP contribution in [0.2, 0.25) is 0 Å². The van der Waals surface area contributed by atoms with E-state index in [-0.39, 0.29) is 11.8 Å². The van der Waals surface area contributed by atoms with Crippen LogP contribution >= 0.6 is 0 Å². The highest BCUT2D eigenvalue weighted by molar-refractivity contribution is 6.04. The smallest absolute Gasteiger partial charge is 0.275 e. The molecule has 8 heteroatoms. The minimum Gasteiger partial charge on any atom is -0.496 e. The molecule has 1 aliphatic heterocycles. The van der Waals surface area contributed by atoms with Crippen molar-refractivity contribution >= 4 is 22.7 Å². The van der Waals surface area contributed by atoms with Crippen molar-refractivity contribution in [2.75, 3.05) is 39.8 Å². The average molecular weight is 407 g/mol. The largest absolute Gasteiger partial charge is 0.496 e. The predicted octanol–water partition coefficient (Wildman–Crippen LogP) is 1.65. The van der Waals surface area contributed by atoms with Crippen molar-refractivity contribution in [3.8, 4) is 5.75 Å². The Balaban J connectivity index is 1.27. The lowest BCUT2D eigenvalue weighted by molar-refractivity contribution is -0.122. The lowest BCUT2D eigenvalue weighted by Gasteiger charge is -2.34. The molecule has 3 aromatic rings. The molecule has 1 saturated heterocycles. The van der Waals surface area contributed by atoms with Crippen LogP contribution in [0.4, 0.5) is 0 Å². The number of hydrogen-bond donors (Lipinski definition) is 2. The summed E-state index contributed by atoms with van der Waals surface area (Å²) in [6, 6.07) is 15.2. The van der Waals surface area contributed by atoms with E-state index in [1.165, 1.54) is 0 Å². The van der Waals surface area contributed by atoms with Gasteiger partial charge in [0.1, 0.15) is 5.75 Å². The number of rotatable bonds is 6. The molecule has 0 bridgehead atoms. The Morgan fingerprint density at radius 2 is 1.80 bits per heavy atom. The van der Waals surface area contributed by atoms with Gasteiger partial charge in [0, 0.05) is 43.7 Å². The summed E-state index contributed by atoms with van der Waals surface area (Å²) >= 11 is 0. The van der Waals surface area contributed by atoms with E-state index >= 15 is 0 Å². The molecule has 2 amide bonds. The second-order valence-corrected chi connectivity index (χ2v) is 7.27. The van der Waals surface area contributed by atoms with Crippen LogP contribution in [0.5, 0.6) is 5.75 Å². The van der Waals surface area contributed by atoms with Crippen molar-refractivity contribution in [2.45, 2.75) is 6.54 Å². The normalized spacial score (nSPS) is 14.6. The van der Waals surface area contributed by atoms with Gasteiger partial charge in [-0.15, -0.1) is 0 Å². The molecule has 4 rings (SSSR count). The zero-order valence-electron chi connectivity index (χ0n) is 16.9. The molecule has 0 saturated carbocycles. The number of amides is 2. The van der Waals surface area contributed by atoms with Gasteiger partial charge in [-0.05, 0) is 12.1 Å². The maximum Gasteiger partial charge on any atom is 0.275 e. The molecule has 1 aliphatic rings. The van der Waals surface area contributed by atoms with Crippen molar-refractivity contribution < 1.29 is 14.3 Å². The molecular weight excluding hydrogens is 382 g/mol. The van der Waals surface area contributed by atoms with Crippen LogP contribution in [0.15, 0.2) is 48.5 Å². The third-order valence-electron chi connectivity index (χ3n) is 5.37. The number of fused-ring (bicyclic) bond motifs is 1. The maximum atomic E-state index is 12.9. The standard InChI is InChI=1S/C22H25N5O3/c1-30-19-9-5-2-6-16(19)14-23-20(28)15-26-10-12-27(13-11-26)22(29)21-17-7-3-4-8-18(17)24-25-21/h2-9H,10-15H2,1H3,(H,23,28)(H,24,25). The van der Waals surface area contributed by atoms with E-state index in [0.717, 1.165) is 22.2 Å². The van der Waals surface area contributed by atoms with E-state index in [1.807, 2.05) is 48.5 Å². The summed E-state index contributed by atoms with van der Waals surface area (Å²) in [5, 5.41) is 10.9. The third-order valence-corrected chi connectivity index (χ3v) is 5.37. The molecule has 0 spiro atoms. The molecule has 0 atom stereocenters. The Kier molecular flexibility index (Phi) is 5.94. The number of H-pyrrole nitrogens is 1. The zero-order valence-corrected chi connectivity index (χ0v) is 16.9. The van der Waals surface area contributed by atoms with Gasteiger partial charge in [-0.1, -0.05) is 36.4 Å². The van der Waals surface area contributed by atoms with Crippen LogP contribution in [-0.2, 0) is 11.3 Å². The SMILES string of the molecule is COc1ccccc1CNC(=O)CN1CCN(C(=O)c2n[nH]c3ccccc23)CC1. The minimum atomic E-state index is -0.0762. The molecule has 156 valence electrons. The molecule has 2 aromatic carbocycles. The highest BCUT2D eigenvalue weighted by Gasteiger charge is 2.25. The molecule has 0 radical (unpaired) electrons. The van der Waals surface area contributed by atoms with Gasteiger partial charge in [-0.2, -0.15) is 5.10 Å². The van der Waals surface area contributed by atoms with Crippen molar-refractivity contribution in [1.82, 2.24) is 25.3 Å². The summed E-state index contributed by atoms with van der Waals surface area (Å²) in [7, 11) is 1.62. The summed E-state index contributed by atoms with van der Waals surface area (Å²) < 4.78 is 5.31. The fraction of sp³-hybridized carbons (Fsp3) is 0.318. The van der Waals surface area contributed by atoms with E-state index in [2.05, 4.69) is 20.4 Å². The number of carbonyl (C=O) groups is 2. The Hall–Kier alpha value is -3.39. The van der Waals surface area contributed by atoms with Crippen LogP contribution in [0.25, 0.3) is 10.9 Å². The lowest BCUT2D eigenvalue weighted by Crippen LogP contribution is -2.51. The second kappa shape index (κ2) is 8.96. The van der Waals surface area contributed by atoms with Crippen LogP contribution in [0.1, 0.15) is 16.1 Å². The topological polar surface area (TPSA) is 90.6 Å². The van der Waals surface area contributed by atoms with Gasteiger partial charge in [0.05, 0.1) is 19.2 Å². The number of aromatic amines is 1. The molecule has 0 unspecified atom stereocenters.